The first-order chi connectivity index (χ1) is 12.8. The number of hydrogen-bond donors (Lipinski definition) is 1. The summed E-state index contributed by atoms with van der Waals surface area (Å²) in [6.07, 6.45) is 8.07. The van der Waals surface area contributed by atoms with Crippen LogP contribution in [0.3, 0.4) is 0 Å². The average Bonchev–Trinajstić information content (AvgIpc) is 2.66. The van der Waals surface area contributed by atoms with E-state index >= 15 is 0 Å². The van der Waals surface area contributed by atoms with E-state index in [0.717, 1.165) is 5.56 Å². The van der Waals surface area contributed by atoms with E-state index in [1.165, 1.54) is 0 Å². The highest BCUT2D eigenvalue weighted by Gasteiger charge is 2.19. The van der Waals surface area contributed by atoms with Crippen molar-refractivity contribution in [2.75, 3.05) is 6.54 Å². The highest BCUT2D eigenvalue weighted by atomic mass is 32.2. The Balaban J connectivity index is 2.61. The van der Waals surface area contributed by atoms with Crippen LogP contribution in [0.1, 0.15) is 38.3 Å². The molecule has 0 fully saturated rings. The van der Waals surface area contributed by atoms with Gasteiger partial charge < -0.3 is 4.74 Å². The van der Waals surface area contributed by atoms with Crippen molar-refractivity contribution in [3.8, 4) is 6.07 Å². The summed E-state index contributed by atoms with van der Waals surface area (Å²) >= 11 is 0. The normalized spacial score (nSPS) is 14.5. The number of benzene rings is 1. The number of nitrogens with zero attached hydrogens (tertiary/aromatic N) is 1. The van der Waals surface area contributed by atoms with Crippen LogP contribution in [0.25, 0.3) is 0 Å². The Kier molecular flexibility index (Phi) is 9.55. The van der Waals surface area contributed by atoms with Gasteiger partial charge in [0.1, 0.15) is 11.9 Å². The third-order valence-electron chi connectivity index (χ3n) is 4.01. The lowest BCUT2D eigenvalue weighted by Crippen LogP contribution is -2.37. The molecule has 0 spiro atoms. The van der Waals surface area contributed by atoms with Crippen molar-refractivity contribution in [2.24, 2.45) is 0 Å². The molecule has 1 rings (SSSR count). The van der Waals surface area contributed by atoms with Crippen molar-refractivity contribution in [3.05, 3.63) is 72.0 Å². The zero-order valence-corrected chi connectivity index (χ0v) is 17.0. The largest absolute Gasteiger partial charge is 0.489 e. The summed E-state index contributed by atoms with van der Waals surface area (Å²) in [4.78, 5) is 0. The molecule has 146 valence electrons. The standard InChI is InChI=1S/C21H28N2O3S/c1-5-8-21(10-7-9-19-11-13-20(15-22)14-12-19)26-17(3)16-23-27(24,25)18(4)6-2/h5,7-8,10-14,17-18,23H,1,6,9,16H2,2-4H3/b10-7-,21-8+/t17-,18?/m1/s1. The maximum Gasteiger partial charge on any atom is 0.214 e. The summed E-state index contributed by atoms with van der Waals surface area (Å²) in [6.45, 7) is 9.21. The van der Waals surface area contributed by atoms with E-state index in [1.807, 2.05) is 38.1 Å². The maximum absolute atomic E-state index is 12.0. The Labute approximate surface area is 163 Å². The molecule has 0 radical (unpaired) electrons. The second kappa shape index (κ2) is 11.4. The Hall–Kier alpha value is -2.36. The molecule has 1 N–H and O–H groups in total. The van der Waals surface area contributed by atoms with Crippen LogP contribution in [0.4, 0.5) is 0 Å². The molecule has 0 aliphatic carbocycles. The van der Waals surface area contributed by atoms with Crippen LogP contribution in [0, 0.1) is 11.3 Å². The van der Waals surface area contributed by atoms with E-state index in [9.17, 15) is 8.42 Å². The Morgan fingerprint density at radius 3 is 2.56 bits per heavy atom. The van der Waals surface area contributed by atoms with Crippen LogP contribution in [0.15, 0.2) is 60.9 Å². The fourth-order valence-corrected chi connectivity index (χ4v) is 3.34. The minimum absolute atomic E-state index is 0.199. The van der Waals surface area contributed by atoms with Gasteiger partial charge >= 0.3 is 0 Å². The van der Waals surface area contributed by atoms with Gasteiger partial charge in [0, 0.05) is 6.54 Å². The van der Waals surface area contributed by atoms with Crippen LogP contribution in [0.2, 0.25) is 0 Å². The second-order valence-corrected chi connectivity index (χ2v) is 8.44. The monoisotopic (exact) mass is 388 g/mol. The predicted octanol–water partition coefficient (Wildman–Crippen LogP) is 3.85. The molecule has 0 aliphatic heterocycles. The zero-order valence-electron chi connectivity index (χ0n) is 16.2. The van der Waals surface area contributed by atoms with Crippen LogP contribution >= 0.6 is 0 Å². The predicted molar refractivity (Wildman–Crippen MR) is 110 cm³/mol. The van der Waals surface area contributed by atoms with Gasteiger partial charge in [-0.25, -0.2) is 13.1 Å². The van der Waals surface area contributed by atoms with Crippen molar-refractivity contribution in [3.63, 3.8) is 0 Å². The molecule has 1 unspecified atom stereocenters. The van der Waals surface area contributed by atoms with Gasteiger partial charge in [-0.15, -0.1) is 0 Å². The molecule has 0 saturated carbocycles. The highest BCUT2D eigenvalue weighted by molar-refractivity contribution is 7.90. The molecule has 5 nitrogen and oxygen atoms in total. The molecule has 6 heteroatoms. The first-order valence-electron chi connectivity index (χ1n) is 8.95. The summed E-state index contributed by atoms with van der Waals surface area (Å²) in [5.74, 6) is 0.605. The number of sulfonamides is 1. The Bertz CT molecular complexity index is 803. The summed E-state index contributed by atoms with van der Waals surface area (Å²) in [5, 5.41) is 8.39. The molecule has 0 aromatic heterocycles. The number of rotatable bonds is 11. The van der Waals surface area contributed by atoms with Crippen molar-refractivity contribution in [2.45, 2.75) is 45.0 Å². The molecule has 0 bridgehead atoms. The topological polar surface area (TPSA) is 79.2 Å². The van der Waals surface area contributed by atoms with Gasteiger partial charge in [0.2, 0.25) is 10.0 Å². The minimum atomic E-state index is -3.32. The first-order valence-corrected chi connectivity index (χ1v) is 10.5. The number of allylic oxidation sites excluding steroid dienone is 4. The van der Waals surface area contributed by atoms with Crippen LogP contribution < -0.4 is 4.72 Å². The SMILES string of the molecule is C=C/C=C(\C=C/Cc1ccc(C#N)cc1)O[C@H](C)CNS(=O)(=O)C(C)CC. The quantitative estimate of drug-likeness (QED) is 0.461. The van der Waals surface area contributed by atoms with E-state index in [0.29, 0.717) is 24.2 Å². The van der Waals surface area contributed by atoms with E-state index in [2.05, 4.69) is 17.4 Å². The van der Waals surface area contributed by atoms with Gasteiger partial charge in [0.15, 0.2) is 0 Å². The molecule has 0 saturated heterocycles. The van der Waals surface area contributed by atoms with Crippen molar-refractivity contribution >= 4 is 10.0 Å². The van der Waals surface area contributed by atoms with Crippen LogP contribution in [-0.4, -0.2) is 26.3 Å². The molecule has 0 heterocycles. The Morgan fingerprint density at radius 1 is 1.33 bits per heavy atom. The summed E-state index contributed by atoms with van der Waals surface area (Å²) in [5.41, 5.74) is 1.71. The molecular weight excluding hydrogens is 360 g/mol. The number of nitriles is 1. The van der Waals surface area contributed by atoms with Crippen molar-refractivity contribution < 1.29 is 13.2 Å². The maximum atomic E-state index is 12.0. The number of nitrogens with one attached hydrogen (secondary N) is 1. The van der Waals surface area contributed by atoms with Crippen molar-refractivity contribution in [1.82, 2.24) is 4.72 Å². The molecule has 1 aromatic rings. The molecule has 0 amide bonds. The van der Waals surface area contributed by atoms with E-state index in [4.69, 9.17) is 10.00 Å². The van der Waals surface area contributed by atoms with E-state index in [-0.39, 0.29) is 12.6 Å². The van der Waals surface area contributed by atoms with E-state index in [1.54, 1.807) is 31.2 Å². The van der Waals surface area contributed by atoms with Gasteiger partial charge in [-0.05, 0) is 56.5 Å². The first kappa shape index (κ1) is 22.7. The molecular formula is C21H28N2O3S. The highest BCUT2D eigenvalue weighted by Crippen LogP contribution is 2.09. The summed E-state index contributed by atoms with van der Waals surface area (Å²) in [7, 11) is -3.32. The molecule has 27 heavy (non-hydrogen) atoms. The number of hydrogen-bond acceptors (Lipinski definition) is 4. The smallest absolute Gasteiger partial charge is 0.214 e. The third kappa shape index (κ3) is 8.25. The molecule has 2 atom stereocenters. The lowest BCUT2D eigenvalue weighted by Gasteiger charge is -2.18. The Morgan fingerprint density at radius 2 is 2.00 bits per heavy atom. The van der Waals surface area contributed by atoms with Gasteiger partial charge in [-0.3, -0.25) is 0 Å². The fourth-order valence-electron chi connectivity index (χ4n) is 2.15. The van der Waals surface area contributed by atoms with Gasteiger partial charge in [-0.1, -0.05) is 37.8 Å². The van der Waals surface area contributed by atoms with Crippen molar-refractivity contribution in [1.29, 1.82) is 5.26 Å². The number of ether oxygens (including phenoxy) is 1. The van der Waals surface area contributed by atoms with E-state index < -0.39 is 15.3 Å². The second-order valence-electron chi connectivity index (χ2n) is 6.26. The molecule has 1 aromatic carbocycles. The fraction of sp³-hybridized carbons (Fsp3) is 0.381. The zero-order chi connectivity index (χ0) is 20.3. The summed E-state index contributed by atoms with van der Waals surface area (Å²) in [6, 6.07) is 9.48. The van der Waals surface area contributed by atoms with Gasteiger partial charge in [-0.2, -0.15) is 5.26 Å². The average molecular weight is 389 g/mol. The van der Waals surface area contributed by atoms with Gasteiger partial charge in [0.05, 0.1) is 16.9 Å². The van der Waals surface area contributed by atoms with Crippen LogP contribution in [-0.2, 0) is 21.2 Å². The summed E-state index contributed by atoms with van der Waals surface area (Å²) < 4.78 is 32.4. The van der Waals surface area contributed by atoms with Gasteiger partial charge in [0.25, 0.3) is 0 Å². The lowest BCUT2D eigenvalue weighted by atomic mass is 10.1. The lowest BCUT2D eigenvalue weighted by molar-refractivity contribution is 0.145. The molecule has 0 aliphatic rings. The third-order valence-corrected chi connectivity index (χ3v) is 5.98. The minimum Gasteiger partial charge on any atom is -0.489 e. The van der Waals surface area contributed by atoms with Crippen LogP contribution in [0.5, 0.6) is 0 Å².